The molecule has 0 aliphatic rings. The summed E-state index contributed by atoms with van der Waals surface area (Å²) < 4.78 is 10.1. The smallest absolute Gasteiger partial charge is 0.317 e. The van der Waals surface area contributed by atoms with E-state index in [-0.39, 0.29) is 11.4 Å². The third-order valence-electron chi connectivity index (χ3n) is 3.44. The van der Waals surface area contributed by atoms with Crippen molar-refractivity contribution in [1.82, 2.24) is 0 Å². The molecule has 0 aromatic heterocycles. The molecule has 1 amide bonds. The van der Waals surface area contributed by atoms with E-state index >= 15 is 0 Å². The van der Waals surface area contributed by atoms with Gasteiger partial charge >= 0.3 is 5.97 Å². The van der Waals surface area contributed by atoms with Gasteiger partial charge in [0.25, 0.3) is 11.6 Å². The van der Waals surface area contributed by atoms with Crippen LogP contribution in [0, 0.1) is 10.1 Å². The van der Waals surface area contributed by atoms with Crippen molar-refractivity contribution < 1.29 is 24.0 Å². The molecule has 8 nitrogen and oxygen atoms in total. The molecule has 0 fully saturated rings. The molecule has 1 atom stereocenters. The topological polar surface area (TPSA) is 108 Å². The van der Waals surface area contributed by atoms with Crippen molar-refractivity contribution in [2.24, 2.45) is 0 Å². The van der Waals surface area contributed by atoms with Gasteiger partial charge in [0.15, 0.2) is 6.10 Å². The first-order valence-electron chi connectivity index (χ1n) is 7.91. The number of ether oxygens (including phenoxy) is 2. The molecule has 1 N–H and O–H groups in total. The number of nitro benzene ring substituents is 1. The Morgan fingerprint density at radius 2 is 1.85 bits per heavy atom. The highest BCUT2D eigenvalue weighted by molar-refractivity contribution is 8.00. The van der Waals surface area contributed by atoms with Crippen molar-refractivity contribution in [2.45, 2.75) is 17.9 Å². The van der Waals surface area contributed by atoms with Gasteiger partial charge < -0.3 is 14.8 Å². The predicted octanol–water partition coefficient (Wildman–Crippen LogP) is 3.27. The number of rotatable bonds is 8. The molecule has 27 heavy (non-hydrogen) atoms. The minimum absolute atomic E-state index is 0.0828. The Hall–Kier alpha value is -3.07. The number of nitrogens with one attached hydrogen (secondary N) is 1. The molecule has 0 bridgehead atoms. The fourth-order valence-corrected chi connectivity index (χ4v) is 2.88. The number of methoxy groups -OCH3 is 1. The van der Waals surface area contributed by atoms with Gasteiger partial charge in [-0.25, -0.2) is 0 Å². The lowest BCUT2D eigenvalue weighted by Gasteiger charge is -2.13. The van der Waals surface area contributed by atoms with Crippen molar-refractivity contribution in [3.05, 3.63) is 58.6 Å². The number of carbonyl (C=O) groups is 2. The molecule has 2 rings (SSSR count). The van der Waals surface area contributed by atoms with E-state index in [1.54, 1.807) is 42.5 Å². The first kappa shape index (κ1) is 20.2. The third kappa shape index (κ3) is 6.00. The number of nitro groups is 1. The summed E-state index contributed by atoms with van der Waals surface area (Å²) in [5.41, 5.74) is 0.457. The number of hydrogen-bond donors (Lipinski definition) is 1. The van der Waals surface area contributed by atoms with Crippen LogP contribution in [0.4, 0.5) is 11.4 Å². The molecule has 0 aliphatic heterocycles. The second kappa shape index (κ2) is 9.58. The monoisotopic (exact) mass is 390 g/mol. The summed E-state index contributed by atoms with van der Waals surface area (Å²) in [6.07, 6.45) is -1.01. The molecule has 9 heteroatoms. The fourth-order valence-electron chi connectivity index (χ4n) is 2.07. The van der Waals surface area contributed by atoms with Gasteiger partial charge in [0.05, 0.1) is 22.7 Å². The molecule has 0 aliphatic carbocycles. The number of thioether (sulfide) groups is 1. The van der Waals surface area contributed by atoms with Gasteiger partial charge in [-0.05, 0) is 37.3 Å². The maximum atomic E-state index is 12.1. The Kier molecular flexibility index (Phi) is 7.18. The van der Waals surface area contributed by atoms with Gasteiger partial charge in [-0.15, -0.1) is 11.8 Å². The highest BCUT2D eigenvalue weighted by Gasteiger charge is 2.20. The third-order valence-corrected chi connectivity index (χ3v) is 4.48. The normalized spacial score (nSPS) is 11.3. The SMILES string of the molecule is COc1ccc(NC(=O)[C@H](C)OC(=O)CSc2ccccc2[N+](=O)[O-])cc1. The number of benzene rings is 2. The highest BCUT2D eigenvalue weighted by Crippen LogP contribution is 2.28. The summed E-state index contributed by atoms with van der Waals surface area (Å²) in [6, 6.07) is 12.8. The zero-order valence-electron chi connectivity index (χ0n) is 14.7. The van der Waals surface area contributed by atoms with Crippen LogP contribution in [0.3, 0.4) is 0 Å². The average molecular weight is 390 g/mol. The zero-order valence-corrected chi connectivity index (χ0v) is 15.5. The van der Waals surface area contributed by atoms with Crippen molar-refractivity contribution in [1.29, 1.82) is 0 Å². The fraction of sp³-hybridized carbons (Fsp3) is 0.222. The second-order valence-corrected chi connectivity index (χ2v) is 6.38. The second-order valence-electron chi connectivity index (χ2n) is 5.36. The minimum Gasteiger partial charge on any atom is -0.497 e. The Morgan fingerprint density at radius 3 is 2.48 bits per heavy atom. The van der Waals surface area contributed by atoms with Crippen LogP contribution >= 0.6 is 11.8 Å². The van der Waals surface area contributed by atoms with Crippen LogP contribution < -0.4 is 10.1 Å². The van der Waals surface area contributed by atoms with Crippen molar-refractivity contribution in [3.63, 3.8) is 0 Å². The first-order valence-corrected chi connectivity index (χ1v) is 8.90. The van der Waals surface area contributed by atoms with Crippen molar-refractivity contribution >= 4 is 35.0 Å². The van der Waals surface area contributed by atoms with Gasteiger partial charge in [-0.1, -0.05) is 12.1 Å². The molecule has 2 aromatic rings. The van der Waals surface area contributed by atoms with Crippen molar-refractivity contribution in [2.75, 3.05) is 18.2 Å². The zero-order chi connectivity index (χ0) is 19.8. The van der Waals surface area contributed by atoms with E-state index in [1.165, 1.54) is 20.1 Å². The van der Waals surface area contributed by atoms with E-state index in [0.717, 1.165) is 11.8 Å². The number of anilines is 1. The predicted molar refractivity (Wildman–Crippen MR) is 101 cm³/mol. The van der Waals surface area contributed by atoms with E-state index < -0.39 is 22.9 Å². The van der Waals surface area contributed by atoms with E-state index in [0.29, 0.717) is 16.3 Å². The number of carbonyl (C=O) groups excluding carboxylic acids is 2. The highest BCUT2D eigenvalue weighted by atomic mass is 32.2. The lowest BCUT2D eigenvalue weighted by molar-refractivity contribution is -0.387. The summed E-state index contributed by atoms with van der Waals surface area (Å²) in [7, 11) is 1.54. The summed E-state index contributed by atoms with van der Waals surface area (Å²) in [4.78, 5) is 34.8. The number of esters is 1. The summed E-state index contributed by atoms with van der Waals surface area (Å²) in [5.74, 6) is -0.621. The Bertz CT molecular complexity index is 825. The number of amides is 1. The molecule has 0 unspecified atom stereocenters. The summed E-state index contributed by atoms with van der Waals surface area (Å²) in [6.45, 7) is 1.45. The number of nitrogens with zero attached hydrogens (tertiary/aromatic N) is 1. The van der Waals surface area contributed by atoms with Gasteiger partial charge in [0, 0.05) is 11.8 Å². The molecule has 0 spiro atoms. The summed E-state index contributed by atoms with van der Waals surface area (Å²) >= 11 is 0.983. The number of hydrogen-bond acceptors (Lipinski definition) is 7. The van der Waals surface area contributed by atoms with Crippen LogP contribution in [-0.2, 0) is 14.3 Å². The largest absolute Gasteiger partial charge is 0.497 e. The molecule has 2 aromatic carbocycles. The van der Waals surface area contributed by atoms with Crippen LogP contribution in [0.1, 0.15) is 6.92 Å². The molecular formula is C18H18N2O6S. The quantitative estimate of drug-likeness (QED) is 0.319. The van der Waals surface area contributed by atoms with Gasteiger partial charge in [0.2, 0.25) is 0 Å². The van der Waals surface area contributed by atoms with E-state index in [4.69, 9.17) is 9.47 Å². The first-order chi connectivity index (χ1) is 12.9. The molecule has 142 valence electrons. The average Bonchev–Trinajstić information content (AvgIpc) is 2.67. The lowest BCUT2D eigenvalue weighted by atomic mass is 10.3. The van der Waals surface area contributed by atoms with E-state index in [1.807, 2.05) is 0 Å². The Balaban J connectivity index is 1.85. The minimum atomic E-state index is -1.01. The molecule has 0 radical (unpaired) electrons. The van der Waals surface area contributed by atoms with Crippen molar-refractivity contribution in [3.8, 4) is 5.75 Å². The van der Waals surface area contributed by atoms with Crippen LogP contribution in [0.25, 0.3) is 0 Å². The Labute approximate surface area is 160 Å². The molecule has 0 saturated carbocycles. The molecule has 0 saturated heterocycles. The van der Waals surface area contributed by atoms with E-state index in [9.17, 15) is 19.7 Å². The van der Waals surface area contributed by atoms with Crippen LogP contribution in [-0.4, -0.2) is 35.8 Å². The molecular weight excluding hydrogens is 372 g/mol. The van der Waals surface area contributed by atoms with Crippen LogP contribution in [0.15, 0.2) is 53.4 Å². The maximum Gasteiger partial charge on any atom is 0.317 e. The summed E-state index contributed by atoms with van der Waals surface area (Å²) in [5, 5.41) is 13.6. The van der Waals surface area contributed by atoms with Gasteiger partial charge in [0.1, 0.15) is 5.75 Å². The van der Waals surface area contributed by atoms with Crippen LogP contribution in [0.2, 0.25) is 0 Å². The molecule has 0 heterocycles. The Morgan fingerprint density at radius 1 is 1.19 bits per heavy atom. The van der Waals surface area contributed by atoms with Gasteiger partial charge in [-0.2, -0.15) is 0 Å². The lowest BCUT2D eigenvalue weighted by Crippen LogP contribution is -2.30. The maximum absolute atomic E-state index is 12.1. The van der Waals surface area contributed by atoms with Gasteiger partial charge in [-0.3, -0.25) is 19.7 Å². The number of para-hydroxylation sites is 1. The standard InChI is InChI=1S/C18H18N2O6S/c1-12(18(22)19-13-7-9-14(25-2)10-8-13)26-17(21)11-27-16-6-4-3-5-15(16)20(23)24/h3-10,12H,11H2,1-2H3,(H,19,22)/t12-/m0/s1. The van der Waals surface area contributed by atoms with Crippen LogP contribution in [0.5, 0.6) is 5.75 Å². The van der Waals surface area contributed by atoms with E-state index in [2.05, 4.69) is 5.32 Å².